The van der Waals surface area contributed by atoms with Gasteiger partial charge in [0.2, 0.25) is 0 Å². The van der Waals surface area contributed by atoms with Gasteiger partial charge < -0.3 is 10.5 Å². The zero-order valence-corrected chi connectivity index (χ0v) is 10.3. The summed E-state index contributed by atoms with van der Waals surface area (Å²) in [4.78, 5) is 0. The lowest BCUT2D eigenvalue weighted by atomic mass is 10.1. The van der Waals surface area contributed by atoms with E-state index in [-0.39, 0.29) is 24.1 Å². The van der Waals surface area contributed by atoms with Crippen molar-refractivity contribution in [1.29, 1.82) is 0 Å². The summed E-state index contributed by atoms with van der Waals surface area (Å²) in [6.07, 6.45) is -4.52. The molecule has 0 unspecified atom stereocenters. The van der Waals surface area contributed by atoms with E-state index in [1.807, 2.05) is 0 Å². The van der Waals surface area contributed by atoms with E-state index in [4.69, 9.17) is 10.5 Å². The van der Waals surface area contributed by atoms with Crippen LogP contribution in [0.15, 0.2) is 24.3 Å². The zero-order valence-electron chi connectivity index (χ0n) is 9.49. The Balaban J connectivity index is 0.00000256. The number of rotatable bonds is 3. The quantitative estimate of drug-likeness (QED) is 0.912. The van der Waals surface area contributed by atoms with Crippen molar-refractivity contribution in [3.8, 4) is 5.75 Å². The van der Waals surface area contributed by atoms with Crippen molar-refractivity contribution in [3.63, 3.8) is 0 Å². The summed E-state index contributed by atoms with van der Waals surface area (Å²) in [6, 6.07) is 3.79. The molecule has 6 heteroatoms. The first-order chi connectivity index (χ1) is 7.30. The molecule has 98 valence electrons. The van der Waals surface area contributed by atoms with Gasteiger partial charge in [0.25, 0.3) is 0 Å². The third-order valence-corrected chi connectivity index (χ3v) is 1.94. The molecule has 1 rings (SSSR count). The Morgan fingerprint density at radius 1 is 1.24 bits per heavy atom. The summed E-state index contributed by atoms with van der Waals surface area (Å²) >= 11 is 0. The molecule has 0 aliphatic rings. The average molecular weight is 270 g/mol. The largest absolute Gasteiger partial charge is 0.491 e. The molecule has 0 fully saturated rings. The third-order valence-electron chi connectivity index (χ3n) is 1.94. The summed E-state index contributed by atoms with van der Waals surface area (Å²) < 4.78 is 42.4. The Morgan fingerprint density at radius 2 is 1.82 bits per heavy atom. The first-order valence-electron chi connectivity index (χ1n) is 4.89. The second-order valence-electron chi connectivity index (χ2n) is 3.76. The molecule has 0 saturated carbocycles. The van der Waals surface area contributed by atoms with Crippen LogP contribution in [0.3, 0.4) is 0 Å². The third kappa shape index (κ3) is 4.83. The Labute approximate surface area is 104 Å². The molecular weight excluding hydrogens is 255 g/mol. The van der Waals surface area contributed by atoms with Gasteiger partial charge in [0.1, 0.15) is 11.8 Å². The van der Waals surface area contributed by atoms with E-state index in [2.05, 4.69) is 0 Å². The molecular formula is C11H15ClF3NO. The van der Waals surface area contributed by atoms with Crippen molar-refractivity contribution in [2.45, 2.75) is 32.2 Å². The second-order valence-corrected chi connectivity index (χ2v) is 3.76. The zero-order chi connectivity index (χ0) is 12.3. The predicted molar refractivity (Wildman–Crippen MR) is 62.4 cm³/mol. The van der Waals surface area contributed by atoms with Crippen molar-refractivity contribution < 1.29 is 17.9 Å². The minimum absolute atomic E-state index is 0. The standard InChI is InChI=1S/C11H14F3NO.ClH/c1-7(2)16-9-5-3-4-8(6-9)10(15)11(12,13)14;/h3-7,10H,15H2,1-2H3;1H/t10-;/m0./s1. The molecule has 0 saturated heterocycles. The summed E-state index contributed by atoms with van der Waals surface area (Å²) in [5.41, 5.74) is 5.10. The summed E-state index contributed by atoms with van der Waals surface area (Å²) in [6.45, 7) is 3.60. The lowest BCUT2D eigenvalue weighted by Crippen LogP contribution is -2.28. The Bertz CT molecular complexity index is 355. The van der Waals surface area contributed by atoms with E-state index in [1.54, 1.807) is 19.9 Å². The van der Waals surface area contributed by atoms with Crippen LogP contribution in [0.4, 0.5) is 13.2 Å². The molecule has 1 atom stereocenters. The Hall–Kier alpha value is -0.940. The summed E-state index contributed by atoms with van der Waals surface area (Å²) in [5.74, 6) is 0.396. The van der Waals surface area contributed by atoms with Gasteiger partial charge in [-0.2, -0.15) is 13.2 Å². The molecule has 0 aliphatic carbocycles. The van der Waals surface area contributed by atoms with Crippen LogP contribution in [-0.2, 0) is 0 Å². The number of alkyl halides is 3. The highest BCUT2D eigenvalue weighted by Crippen LogP contribution is 2.31. The lowest BCUT2D eigenvalue weighted by molar-refractivity contribution is -0.149. The van der Waals surface area contributed by atoms with E-state index in [0.717, 1.165) is 0 Å². The van der Waals surface area contributed by atoms with Crippen LogP contribution >= 0.6 is 12.4 Å². The first kappa shape index (κ1) is 16.1. The maximum atomic E-state index is 12.4. The van der Waals surface area contributed by atoms with E-state index in [9.17, 15) is 13.2 Å². The topological polar surface area (TPSA) is 35.2 Å². The fraction of sp³-hybridized carbons (Fsp3) is 0.455. The number of halogens is 4. The molecule has 0 aliphatic heterocycles. The molecule has 2 nitrogen and oxygen atoms in total. The van der Waals surface area contributed by atoms with Crippen LogP contribution in [-0.4, -0.2) is 12.3 Å². The van der Waals surface area contributed by atoms with E-state index >= 15 is 0 Å². The van der Waals surface area contributed by atoms with Crippen LogP contribution in [0.5, 0.6) is 5.75 Å². The molecule has 0 spiro atoms. The number of ether oxygens (including phenoxy) is 1. The van der Waals surface area contributed by atoms with Gasteiger partial charge in [0, 0.05) is 0 Å². The average Bonchev–Trinajstić information content (AvgIpc) is 2.14. The van der Waals surface area contributed by atoms with Crippen LogP contribution in [0.1, 0.15) is 25.5 Å². The minimum atomic E-state index is -4.43. The molecule has 0 radical (unpaired) electrons. The highest BCUT2D eigenvalue weighted by Gasteiger charge is 2.37. The van der Waals surface area contributed by atoms with E-state index < -0.39 is 12.2 Å². The van der Waals surface area contributed by atoms with Crippen molar-refractivity contribution in [1.82, 2.24) is 0 Å². The van der Waals surface area contributed by atoms with Crippen molar-refractivity contribution in [2.75, 3.05) is 0 Å². The van der Waals surface area contributed by atoms with Gasteiger partial charge in [-0.05, 0) is 31.5 Å². The molecule has 0 amide bonds. The van der Waals surface area contributed by atoms with Gasteiger partial charge in [0.05, 0.1) is 6.10 Å². The monoisotopic (exact) mass is 269 g/mol. The van der Waals surface area contributed by atoms with Crippen molar-refractivity contribution >= 4 is 12.4 Å². The van der Waals surface area contributed by atoms with Gasteiger partial charge in [-0.1, -0.05) is 12.1 Å². The fourth-order valence-corrected chi connectivity index (χ4v) is 1.24. The molecule has 0 bridgehead atoms. The van der Waals surface area contributed by atoms with Crippen molar-refractivity contribution in [2.24, 2.45) is 5.73 Å². The van der Waals surface area contributed by atoms with Gasteiger partial charge in [0.15, 0.2) is 0 Å². The van der Waals surface area contributed by atoms with Crippen LogP contribution < -0.4 is 10.5 Å². The van der Waals surface area contributed by atoms with Crippen LogP contribution in [0.25, 0.3) is 0 Å². The van der Waals surface area contributed by atoms with Gasteiger partial charge in [-0.3, -0.25) is 0 Å². The fourth-order valence-electron chi connectivity index (χ4n) is 1.24. The summed E-state index contributed by atoms with van der Waals surface area (Å²) in [5, 5.41) is 0. The van der Waals surface area contributed by atoms with Crippen LogP contribution in [0, 0.1) is 0 Å². The number of hydrogen-bond donors (Lipinski definition) is 1. The first-order valence-corrected chi connectivity index (χ1v) is 4.89. The number of nitrogens with two attached hydrogens (primary N) is 1. The van der Waals surface area contributed by atoms with Gasteiger partial charge in [-0.15, -0.1) is 12.4 Å². The van der Waals surface area contributed by atoms with Gasteiger partial charge >= 0.3 is 6.18 Å². The summed E-state index contributed by atoms with van der Waals surface area (Å²) in [7, 11) is 0. The molecule has 1 aromatic carbocycles. The van der Waals surface area contributed by atoms with E-state index in [1.165, 1.54) is 18.2 Å². The highest BCUT2D eigenvalue weighted by molar-refractivity contribution is 5.85. The normalized spacial score (nSPS) is 13.1. The minimum Gasteiger partial charge on any atom is -0.491 e. The maximum Gasteiger partial charge on any atom is 0.407 e. The van der Waals surface area contributed by atoms with Gasteiger partial charge in [-0.25, -0.2) is 0 Å². The Kier molecular flexibility index (Phi) is 5.78. The smallest absolute Gasteiger partial charge is 0.407 e. The SMILES string of the molecule is CC(C)Oc1cccc([C@H](N)C(F)(F)F)c1.Cl. The van der Waals surface area contributed by atoms with Crippen LogP contribution in [0.2, 0.25) is 0 Å². The molecule has 1 aromatic rings. The Morgan fingerprint density at radius 3 is 2.29 bits per heavy atom. The van der Waals surface area contributed by atoms with Crippen molar-refractivity contribution in [3.05, 3.63) is 29.8 Å². The molecule has 2 N–H and O–H groups in total. The highest BCUT2D eigenvalue weighted by atomic mass is 35.5. The maximum absolute atomic E-state index is 12.4. The van der Waals surface area contributed by atoms with E-state index in [0.29, 0.717) is 5.75 Å². The molecule has 0 aromatic heterocycles. The second kappa shape index (κ2) is 6.12. The molecule has 0 heterocycles. The predicted octanol–water partition coefficient (Wildman–Crippen LogP) is 3.46. The number of benzene rings is 1. The molecule has 17 heavy (non-hydrogen) atoms. The lowest BCUT2D eigenvalue weighted by Gasteiger charge is -2.17. The number of hydrogen-bond acceptors (Lipinski definition) is 2.